The lowest BCUT2D eigenvalue weighted by atomic mass is 10.1. The third-order valence-corrected chi connectivity index (χ3v) is 4.40. The molecule has 1 aromatic carbocycles. The van der Waals surface area contributed by atoms with E-state index in [0.29, 0.717) is 18.8 Å². The van der Waals surface area contributed by atoms with Crippen LogP contribution >= 0.6 is 11.6 Å². The van der Waals surface area contributed by atoms with Gasteiger partial charge in [-0.1, -0.05) is 30.9 Å². The van der Waals surface area contributed by atoms with Crippen molar-refractivity contribution in [2.24, 2.45) is 0 Å². The molecule has 0 unspecified atom stereocenters. The van der Waals surface area contributed by atoms with Crippen LogP contribution in [0.1, 0.15) is 42.5 Å². The zero-order valence-electron chi connectivity index (χ0n) is 13.8. The maximum atomic E-state index is 12.2. The SMILES string of the molecule is COc1cc(N)c(Cl)cc1C(=O)OCC(=O)N1CCCCCCC1. The summed E-state index contributed by atoms with van der Waals surface area (Å²) in [4.78, 5) is 26.2. The zero-order valence-corrected chi connectivity index (χ0v) is 14.6. The van der Waals surface area contributed by atoms with Crippen molar-refractivity contribution in [2.45, 2.75) is 32.1 Å². The Morgan fingerprint density at radius 3 is 2.42 bits per heavy atom. The van der Waals surface area contributed by atoms with Crippen LogP contribution in [0, 0.1) is 0 Å². The van der Waals surface area contributed by atoms with Gasteiger partial charge in [-0.05, 0) is 18.9 Å². The molecule has 1 heterocycles. The van der Waals surface area contributed by atoms with Crippen LogP contribution in [0.5, 0.6) is 5.75 Å². The molecule has 0 radical (unpaired) electrons. The van der Waals surface area contributed by atoms with Crippen LogP contribution in [0.15, 0.2) is 12.1 Å². The monoisotopic (exact) mass is 354 g/mol. The third kappa shape index (κ3) is 4.77. The Morgan fingerprint density at radius 2 is 1.79 bits per heavy atom. The highest BCUT2D eigenvalue weighted by Gasteiger charge is 2.20. The predicted octanol–water partition coefficient (Wildman–Crippen LogP) is 2.88. The standard InChI is InChI=1S/C17H23ClN2O4/c1-23-15-10-14(19)13(18)9-12(15)17(22)24-11-16(21)20-7-5-3-2-4-6-8-20/h9-10H,2-8,11,19H2,1H3. The number of likely N-dealkylation sites (tertiary alicyclic amines) is 1. The maximum absolute atomic E-state index is 12.2. The summed E-state index contributed by atoms with van der Waals surface area (Å²) in [7, 11) is 1.42. The first kappa shape index (κ1) is 18.4. The van der Waals surface area contributed by atoms with Gasteiger partial charge in [-0.25, -0.2) is 4.79 Å². The summed E-state index contributed by atoms with van der Waals surface area (Å²) in [6, 6.07) is 2.84. The van der Waals surface area contributed by atoms with Crippen LogP contribution in [0.25, 0.3) is 0 Å². The summed E-state index contributed by atoms with van der Waals surface area (Å²) in [6.45, 7) is 1.14. The minimum Gasteiger partial charge on any atom is -0.496 e. The van der Waals surface area contributed by atoms with E-state index in [1.165, 1.54) is 25.7 Å². The zero-order chi connectivity index (χ0) is 17.5. The quantitative estimate of drug-likeness (QED) is 0.664. The van der Waals surface area contributed by atoms with E-state index >= 15 is 0 Å². The number of rotatable bonds is 4. The minimum absolute atomic E-state index is 0.150. The topological polar surface area (TPSA) is 81.9 Å². The molecule has 0 bridgehead atoms. The molecule has 0 saturated carbocycles. The molecule has 1 aliphatic rings. The van der Waals surface area contributed by atoms with E-state index in [1.54, 1.807) is 4.90 Å². The van der Waals surface area contributed by atoms with Crippen molar-refractivity contribution in [3.63, 3.8) is 0 Å². The molecule has 7 heteroatoms. The summed E-state index contributed by atoms with van der Waals surface area (Å²) >= 11 is 5.94. The number of nitrogens with zero attached hydrogens (tertiary/aromatic N) is 1. The fourth-order valence-electron chi connectivity index (χ4n) is 2.69. The molecule has 0 aromatic heterocycles. The second kappa shape index (κ2) is 8.78. The van der Waals surface area contributed by atoms with Crippen molar-refractivity contribution < 1.29 is 19.1 Å². The first-order valence-corrected chi connectivity index (χ1v) is 8.48. The van der Waals surface area contributed by atoms with Crippen LogP contribution in [-0.2, 0) is 9.53 Å². The lowest BCUT2D eigenvalue weighted by molar-refractivity contribution is -0.134. The predicted molar refractivity (Wildman–Crippen MR) is 92.4 cm³/mol. The van der Waals surface area contributed by atoms with E-state index in [4.69, 9.17) is 26.8 Å². The van der Waals surface area contributed by atoms with Gasteiger partial charge in [0, 0.05) is 19.2 Å². The summed E-state index contributed by atoms with van der Waals surface area (Å²) in [6.07, 6.45) is 5.45. The normalized spacial score (nSPS) is 15.3. The van der Waals surface area contributed by atoms with Crippen LogP contribution in [0.4, 0.5) is 5.69 Å². The Kier molecular flexibility index (Phi) is 6.73. The molecule has 1 aliphatic heterocycles. The van der Waals surface area contributed by atoms with Gasteiger partial charge in [-0.2, -0.15) is 0 Å². The van der Waals surface area contributed by atoms with E-state index in [1.807, 2.05) is 0 Å². The molecule has 2 N–H and O–H groups in total. The van der Waals surface area contributed by atoms with E-state index in [0.717, 1.165) is 25.7 Å². The van der Waals surface area contributed by atoms with E-state index < -0.39 is 5.97 Å². The number of amides is 1. The molecule has 24 heavy (non-hydrogen) atoms. The number of hydrogen-bond acceptors (Lipinski definition) is 5. The van der Waals surface area contributed by atoms with Gasteiger partial charge in [0.15, 0.2) is 6.61 Å². The molecular formula is C17H23ClN2O4. The number of anilines is 1. The number of halogens is 1. The van der Waals surface area contributed by atoms with Crippen molar-refractivity contribution in [2.75, 3.05) is 32.5 Å². The Morgan fingerprint density at radius 1 is 1.17 bits per heavy atom. The number of carbonyl (C=O) groups excluding carboxylic acids is 2. The maximum Gasteiger partial charge on any atom is 0.342 e. The van der Waals surface area contributed by atoms with Crippen molar-refractivity contribution in [1.82, 2.24) is 4.90 Å². The van der Waals surface area contributed by atoms with Gasteiger partial charge in [0.05, 0.1) is 17.8 Å². The van der Waals surface area contributed by atoms with Gasteiger partial charge >= 0.3 is 5.97 Å². The second-order valence-electron chi connectivity index (χ2n) is 5.80. The Hall–Kier alpha value is -1.95. The molecule has 1 amide bonds. The number of hydrogen-bond donors (Lipinski definition) is 1. The number of nitrogen functional groups attached to an aromatic ring is 1. The van der Waals surface area contributed by atoms with Crippen molar-refractivity contribution in [3.05, 3.63) is 22.7 Å². The van der Waals surface area contributed by atoms with Crippen LogP contribution in [0.3, 0.4) is 0 Å². The molecule has 2 rings (SSSR count). The second-order valence-corrected chi connectivity index (χ2v) is 6.21. The average Bonchev–Trinajstić information content (AvgIpc) is 2.54. The van der Waals surface area contributed by atoms with Crippen molar-refractivity contribution >= 4 is 29.2 Å². The molecule has 6 nitrogen and oxygen atoms in total. The number of methoxy groups -OCH3 is 1. The summed E-state index contributed by atoms with van der Waals surface area (Å²) < 4.78 is 10.3. The number of esters is 1. The van der Waals surface area contributed by atoms with Gasteiger partial charge < -0.3 is 20.1 Å². The highest BCUT2D eigenvalue weighted by Crippen LogP contribution is 2.29. The molecule has 1 fully saturated rings. The molecular weight excluding hydrogens is 332 g/mol. The fourth-order valence-corrected chi connectivity index (χ4v) is 2.85. The first-order chi connectivity index (χ1) is 11.5. The molecule has 1 saturated heterocycles. The van der Waals surface area contributed by atoms with Gasteiger partial charge in [-0.15, -0.1) is 0 Å². The lowest BCUT2D eigenvalue weighted by Crippen LogP contribution is -2.37. The van der Waals surface area contributed by atoms with E-state index in [9.17, 15) is 9.59 Å². The summed E-state index contributed by atoms with van der Waals surface area (Å²) in [5.74, 6) is -0.569. The molecule has 132 valence electrons. The van der Waals surface area contributed by atoms with E-state index in [2.05, 4.69) is 0 Å². The van der Waals surface area contributed by atoms with Crippen molar-refractivity contribution in [3.8, 4) is 5.75 Å². The third-order valence-electron chi connectivity index (χ3n) is 4.07. The fraction of sp³-hybridized carbons (Fsp3) is 0.529. The highest BCUT2D eigenvalue weighted by atomic mass is 35.5. The Bertz CT molecular complexity index is 598. The van der Waals surface area contributed by atoms with Crippen molar-refractivity contribution in [1.29, 1.82) is 0 Å². The van der Waals surface area contributed by atoms with Crippen LogP contribution < -0.4 is 10.5 Å². The molecule has 0 spiro atoms. The number of ether oxygens (including phenoxy) is 2. The van der Waals surface area contributed by atoms with Gasteiger partial charge in [0.2, 0.25) is 0 Å². The van der Waals surface area contributed by atoms with Gasteiger partial charge in [0.1, 0.15) is 11.3 Å². The minimum atomic E-state index is -0.658. The number of nitrogens with two attached hydrogens (primary N) is 1. The first-order valence-electron chi connectivity index (χ1n) is 8.11. The van der Waals surface area contributed by atoms with Crippen LogP contribution in [0.2, 0.25) is 5.02 Å². The summed E-state index contributed by atoms with van der Waals surface area (Å²) in [5, 5.41) is 0.234. The largest absolute Gasteiger partial charge is 0.496 e. The van der Waals surface area contributed by atoms with Gasteiger partial charge in [-0.3, -0.25) is 4.79 Å². The Labute approximate surface area is 146 Å². The molecule has 0 atom stereocenters. The molecule has 0 aliphatic carbocycles. The Balaban J connectivity index is 1.97. The number of carbonyl (C=O) groups is 2. The van der Waals surface area contributed by atoms with E-state index in [-0.39, 0.29) is 28.8 Å². The van der Waals surface area contributed by atoms with Gasteiger partial charge in [0.25, 0.3) is 5.91 Å². The highest BCUT2D eigenvalue weighted by molar-refractivity contribution is 6.33. The van der Waals surface area contributed by atoms with Crippen LogP contribution in [-0.4, -0.2) is 43.6 Å². The summed E-state index contributed by atoms with van der Waals surface area (Å²) in [5.41, 5.74) is 6.14. The number of benzene rings is 1. The molecule has 1 aromatic rings. The lowest BCUT2D eigenvalue weighted by Gasteiger charge is -2.24. The smallest absolute Gasteiger partial charge is 0.342 e. The average molecular weight is 355 g/mol.